The summed E-state index contributed by atoms with van der Waals surface area (Å²) in [7, 11) is -3.38. The van der Waals surface area contributed by atoms with E-state index in [0.29, 0.717) is 0 Å². The number of sulfone groups is 1. The van der Waals surface area contributed by atoms with Gasteiger partial charge in [-0.3, -0.25) is 4.79 Å². The van der Waals surface area contributed by atoms with E-state index in [9.17, 15) is 13.2 Å². The highest BCUT2D eigenvalue weighted by Gasteiger charge is 2.09. The lowest BCUT2D eigenvalue weighted by molar-refractivity contribution is 0.600. The molecule has 60 valence electrons. The lowest BCUT2D eigenvalue weighted by Gasteiger charge is -1.93. The summed E-state index contributed by atoms with van der Waals surface area (Å²) in [4.78, 5) is 13.2. The van der Waals surface area contributed by atoms with E-state index in [0.717, 1.165) is 6.26 Å². The zero-order chi connectivity index (χ0) is 8.48. The van der Waals surface area contributed by atoms with Crippen molar-refractivity contribution in [3.63, 3.8) is 0 Å². The third-order valence-corrected chi connectivity index (χ3v) is 2.31. The van der Waals surface area contributed by atoms with E-state index >= 15 is 0 Å². The molecule has 0 amide bonds. The van der Waals surface area contributed by atoms with Gasteiger partial charge in [-0.15, -0.1) is 0 Å². The van der Waals surface area contributed by atoms with Gasteiger partial charge in [0.05, 0.1) is 0 Å². The Bertz CT molecular complexity index is 404. The molecule has 0 aliphatic rings. The number of aromatic amines is 1. The summed E-state index contributed by atoms with van der Waals surface area (Å²) in [6, 6.07) is 1.18. The molecule has 0 radical (unpaired) electrons. The molecule has 0 saturated carbocycles. The van der Waals surface area contributed by atoms with Gasteiger partial charge in [-0.25, -0.2) is 8.42 Å². The summed E-state index contributed by atoms with van der Waals surface area (Å²) < 4.78 is 21.7. The van der Waals surface area contributed by atoms with Gasteiger partial charge in [-0.05, 0) is 0 Å². The second-order valence-electron chi connectivity index (χ2n) is 2.15. The minimum Gasteiger partial charge on any atom is -0.366 e. The third kappa shape index (κ3) is 1.68. The van der Waals surface area contributed by atoms with E-state index in [1.807, 2.05) is 0 Å². The van der Waals surface area contributed by atoms with Crippen LogP contribution < -0.4 is 5.43 Å². The fraction of sp³-hybridized carbons (Fsp3) is 0.167. The Hall–Kier alpha value is -1.10. The van der Waals surface area contributed by atoms with Gasteiger partial charge in [0.15, 0.2) is 15.3 Å². The number of hydrogen-bond acceptors (Lipinski definition) is 3. The molecular weight excluding hydrogens is 166 g/mol. The number of pyridine rings is 1. The molecule has 1 N–H and O–H groups in total. The summed E-state index contributed by atoms with van der Waals surface area (Å²) in [5.74, 6) is 0. The van der Waals surface area contributed by atoms with Crippen molar-refractivity contribution < 1.29 is 8.42 Å². The monoisotopic (exact) mass is 173 g/mol. The molecule has 1 heterocycles. The predicted molar refractivity (Wildman–Crippen MR) is 40.2 cm³/mol. The van der Waals surface area contributed by atoms with E-state index in [1.165, 1.54) is 18.5 Å². The van der Waals surface area contributed by atoms with Gasteiger partial charge in [-0.1, -0.05) is 0 Å². The molecule has 0 aromatic carbocycles. The molecule has 0 spiro atoms. The fourth-order valence-electron chi connectivity index (χ4n) is 0.691. The predicted octanol–water partition coefficient (Wildman–Crippen LogP) is -0.222. The highest BCUT2D eigenvalue weighted by molar-refractivity contribution is 7.90. The molecule has 1 rings (SSSR count). The Morgan fingerprint density at radius 1 is 1.45 bits per heavy atom. The zero-order valence-corrected chi connectivity index (χ0v) is 6.68. The Kier molecular flexibility index (Phi) is 1.82. The Morgan fingerprint density at radius 2 is 2.09 bits per heavy atom. The van der Waals surface area contributed by atoms with Crippen molar-refractivity contribution in [1.82, 2.24) is 4.98 Å². The molecule has 1 aromatic rings. The maximum absolute atomic E-state index is 10.9. The molecule has 0 atom stereocenters. The van der Waals surface area contributed by atoms with Crippen LogP contribution in [-0.2, 0) is 9.84 Å². The molecule has 0 aliphatic heterocycles. The Labute approximate surface area is 63.8 Å². The van der Waals surface area contributed by atoms with Crippen LogP contribution in [0.2, 0.25) is 0 Å². The van der Waals surface area contributed by atoms with Crippen LogP contribution in [-0.4, -0.2) is 19.7 Å². The first-order chi connectivity index (χ1) is 5.02. The SMILES string of the molecule is CS(=O)(=O)c1c[nH]ccc1=O. The summed E-state index contributed by atoms with van der Waals surface area (Å²) in [6.45, 7) is 0. The van der Waals surface area contributed by atoms with Crippen LogP contribution in [0.1, 0.15) is 0 Å². The molecule has 5 heteroatoms. The Balaban J connectivity index is 3.50. The van der Waals surface area contributed by atoms with Crippen LogP contribution >= 0.6 is 0 Å². The van der Waals surface area contributed by atoms with E-state index in [2.05, 4.69) is 4.98 Å². The summed E-state index contributed by atoms with van der Waals surface area (Å²) in [6.07, 6.45) is 3.56. The normalized spacial score (nSPS) is 11.4. The van der Waals surface area contributed by atoms with Crippen LogP contribution in [0, 0.1) is 0 Å². The van der Waals surface area contributed by atoms with Crippen LogP contribution in [0.4, 0.5) is 0 Å². The fourth-order valence-corrected chi connectivity index (χ4v) is 1.41. The van der Waals surface area contributed by atoms with E-state index < -0.39 is 15.3 Å². The van der Waals surface area contributed by atoms with Crippen LogP contribution in [0.3, 0.4) is 0 Å². The second kappa shape index (κ2) is 2.50. The van der Waals surface area contributed by atoms with E-state index in [4.69, 9.17) is 0 Å². The van der Waals surface area contributed by atoms with Gasteiger partial charge in [0.25, 0.3) is 0 Å². The first kappa shape index (κ1) is 8.00. The van der Waals surface area contributed by atoms with Crippen molar-refractivity contribution in [2.75, 3.05) is 6.26 Å². The van der Waals surface area contributed by atoms with Crippen LogP contribution in [0.5, 0.6) is 0 Å². The molecule has 11 heavy (non-hydrogen) atoms. The lowest BCUT2D eigenvalue weighted by Crippen LogP contribution is -2.12. The first-order valence-electron chi connectivity index (χ1n) is 2.89. The number of rotatable bonds is 1. The van der Waals surface area contributed by atoms with Crippen molar-refractivity contribution in [3.8, 4) is 0 Å². The highest BCUT2D eigenvalue weighted by Crippen LogP contribution is 1.97. The Morgan fingerprint density at radius 3 is 2.45 bits per heavy atom. The average molecular weight is 173 g/mol. The molecule has 0 saturated heterocycles. The smallest absolute Gasteiger partial charge is 0.200 e. The maximum atomic E-state index is 10.9. The largest absolute Gasteiger partial charge is 0.366 e. The molecule has 0 aliphatic carbocycles. The van der Waals surface area contributed by atoms with Crippen molar-refractivity contribution >= 4 is 9.84 Å². The van der Waals surface area contributed by atoms with Gasteiger partial charge in [0.2, 0.25) is 0 Å². The minimum absolute atomic E-state index is 0.194. The van der Waals surface area contributed by atoms with Crippen molar-refractivity contribution in [2.24, 2.45) is 0 Å². The highest BCUT2D eigenvalue weighted by atomic mass is 32.2. The zero-order valence-electron chi connectivity index (χ0n) is 5.87. The molecule has 0 unspecified atom stereocenters. The summed E-state index contributed by atoms with van der Waals surface area (Å²) in [5, 5.41) is 0. The van der Waals surface area contributed by atoms with Gasteiger partial charge >= 0.3 is 0 Å². The maximum Gasteiger partial charge on any atom is 0.200 e. The van der Waals surface area contributed by atoms with Crippen molar-refractivity contribution in [1.29, 1.82) is 0 Å². The minimum atomic E-state index is -3.38. The molecule has 0 fully saturated rings. The quantitative estimate of drug-likeness (QED) is 0.638. The van der Waals surface area contributed by atoms with E-state index in [-0.39, 0.29) is 4.90 Å². The molecule has 1 aromatic heterocycles. The van der Waals surface area contributed by atoms with Gasteiger partial charge in [0.1, 0.15) is 4.90 Å². The second-order valence-corrected chi connectivity index (χ2v) is 4.13. The number of aromatic nitrogens is 1. The number of hydrogen-bond donors (Lipinski definition) is 1. The van der Waals surface area contributed by atoms with Crippen LogP contribution in [0.25, 0.3) is 0 Å². The van der Waals surface area contributed by atoms with Crippen molar-refractivity contribution in [2.45, 2.75) is 4.90 Å². The van der Waals surface area contributed by atoms with Gasteiger partial charge in [0, 0.05) is 24.7 Å². The summed E-state index contributed by atoms with van der Waals surface area (Å²) in [5.41, 5.74) is -0.480. The molecule has 0 bridgehead atoms. The molecule has 4 nitrogen and oxygen atoms in total. The number of H-pyrrole nitrogens is 1. The van der Waals surface area contributed by atoms with Gasteiger partial charge in [-0.2, -0.15) is 0 Å². The lowest BCUT2D eigenvalue weighted by atomic mass is 10.5. The van der Waals surface area contributed by atoms with Crippen LogP contribution in [0.15, 0.2) is 28.2 Å². The number of nitrogens with one attached hydrogen (secondary N) is 1. The van der Waals surface area contributed by atoms with E-state index in [1.54, 1.807) is 0 Å². The van der Waals surface area contributed by atoms with Gasteiger partial charge < -0.3 is 4.98 Å². The standard InChI is InChI=1S/C6H7NO3S/c1-11(9,10)6-4-7-3-2-5(6)8/h2-4H,1H3,(H,7,8). The average Bonchev–Trinajstić information content (AvgIpc) is 1.86. The van der Waals surface area contributed by atoms with Crippen molar-refractivity contribution in [3.05, 3.63) is 28.7 Å². The topological polar surface area (TPSA) is 67.0 Å². The first-order valence-corrected chi connectivity index (χ1v) is 4.78. The summed E-state index contributed by atoms with van der Waals surface area (Å²) >= 11 is 0. The third-order valence-electron chi connectivity index (χ3n) is 1.19. The molecular formula is C6H7NO3S.